The number of aromatic nitrogens is 1. The normalized spacial score (nSPS) is 19.9. The first-order valence-corrected chi connectivity index (χ1v) is 6.66. The van der Waals surface area contributed by atoms with Crippen molar-refractivity contribution in [3.8, 4) is 0 Å². The van der Waals surface area contributed by atoms with Gasteiger partial charge in [0.2, 0.25) is 0 Å². The molecule has 1 saturated heterocycles. The van der Waals surface area contributed by atoms with Crippen LogP contribution >= 0.6 is 11.3 Å². The van der Waals surface area contributed by atoms with Crippen LogP contribution in [0.3, 0.4) is 0 Å². The van der Waals surface area contributed by atoms with Crippen LogP contribution in [-0.4, -0.2) is 24.7 Å². The van der Waals surface area contributed by atoms with E-state index in [-0.39, 0.29) is 0 Å². The van der Waals surface area contributed by atoms with Gasteiger partial charge in [-0.25, -0.2) is 4.98 Å². The first kappa shape index (κ1) is 10.8. The second-order valence-corrected chi connectivity index (χ2v) is 5.22. The molecule has 0 saturated carbocycles. The van der Waals surface area contributed by atoms with Crippen molar-refractivity contribution >= 4 is 32.9 Å². The fourth-order valence-electron chi connectivity index (χ4n) is 2.10. The SMILES string of the molecule is Nc1c(NCC2CCOC2)ccc2scnc12. The molecule has 90 valence electrons. The monoisotopic (exact) mass is 249 g/mol. The Morgan fingerprint density at radius 2 is 2.47 bits per heavy atom. The zero-order valence-electron chi connectivity index (χ0n) is 9.48. The van der Waals surface area contributed by atoms with Gasteiger partial charge in [0.25, 0.3) is 0 Å². The summed E-state index contributed by atoms with van der Waals surface area (Å²) in [5, 5.41) is 3.40. The molecule has 1 aromatic carbocycles. The molecule has 3 N–H and O–H groups in total. The number of thiazole rings is 1. The van der Waals surface area contributed by atoms with E-state index in [1.165, 1.54) is 0 Å². The Kier molecular flexibility index (Phi) is 2.86. The van der Waals surface area contributed by atoms with Gasteiger partial charge >= 0.3 is 0 Å². The Labute approximate surface area is 104 Å². The molecule has 1 unspecified atom stereocenters. The van der Waals surface area contributed by atoms with Crippen LogP contribution in [0.5, 0.6) is 0 Å². The minimum atomic E-state index is 0.598. The molecule has 1 atom stereocenters. The lowest BCUT2D eigenvalue weighted by atomic mass is 10.1. The zero-order valence-corrected chi connectivity index (χ0v) is 10.3. The molecule has 1 aliphatic rings. The highest BCUT2D eigenvalue weighted by molar-refractivity contribution is 7.16. The van der Waals surface area contributed by atoms with Gasteiger partial charge in [-0.3, -0.25) is 0 Å². The molecule has 0 amide bonds. The molecular formula is C12H15N3OS. The van der Waals surface area contributed by atoms with Crippen LogP contribution in [0, 0.1) is 5.92 Å². The van der Waals surface area contributed by atoms with Gasteiger partial charge in [-0.2, -0.15) is 0 Å². The maximum absolute atomic E-state index is 6.10. The molecule has 1 aliphatic heterocycles. The van der Waals surface area contributed by atoms with E-state index in [1.807, 2.05) is 11.6 Å². The number of benzene rings is 1. The van der Waals surface area contributed by atoms with E-state index in [0.717, 1.165) is 47.8 Å². The summed E-state index contributed by atoms with van der Waals surface area (Å²) in [5.41, 5.74) is 10.6. The molecule has 3 rings (SSSR count). The van der Waals surface area contributed by atoms with Crippen LogP contribution in [0.4, 0.5) is 11.4 Å². The molecule has 2 aromatic rings. The van der Waals surface area contributed by atoms with Crippen molar-refractivity contribution in [2.75, 3.05) is 30.8 Å². The predicted octanol–water partition coefficient (Wildman–Crippen LogP) is 2.33. The van der Waals surface area contributed by atoms with E-state index in [0.29, 0.717) is 5.92 Å². The first-order chi connectivity index (χ1) is 8.34. The fourth-order valence-corrected chi connectivity index (χ4v) is 2.80. The minimum Gasteiger partial charge on any atom is -0.395 e. The van der Waals surface area contributed by atoms with E-state index < -0.39 is 0 Å². The molecule has 0 bridgehead atoms. The molecule has 2 heterocycles. The van der Waals surface area contributed by atoms with E-state index in [4.69, 9.17) is 10.5 Å². The number of hydrogen-bond donors (Lipinski definition) is 2. The summed E-state index contributed by atoms with van der Waals surface area (Å²) >= 11 is 1.61. The van der Waals surface area contributed by atoms with Crippen molar-refractivity contribution in [1.82, 2.24) is 4.98 Å². The van der Waals surface area contributed by atoms with Gasteiger partial charge in [-0.05, 0) is 18.6 Å². The van der Waals surface area contributed by atoms with E-state index in [9.17, 15) is 0 Å². The van der Waals surface area contributed by atoms with Crippen molar-refractivity contribution in [3.05, 3.63) is 17.6 Å². The summed E-state index contributed by atoms with van der Waals surface area (Å²) in [6, 6.07) is 4.10. The maximum atomic E-state index is 6.10. The van der Waals surface area contributed by atoms with Gasteiger partial charge in [-0.15, -0.1) is 11.3 Å². The lowest BCUT2D eigenvalue weighted by Crippen LogP contribution is -2.14. The second-order valence-electron chi connectivity index (χ2n) is 4.34. The van der Waals surface area contributed by atoms with Crippen molar-refractivity contribution in [2.45, 2.75) is 6.42 Å². The Morgan fingerprint density at radius 3 is 3.29 bits per heavy atom. The van der Waals surface area contributed by atoms with E-state index >= 15 is 0 Å². The summed E-state index contributed by atoms with van der Waals surface area (Å²) < 4.78 is 6.49. The Bertz CT molecular complexity index is 519. The smallest absolute Gasteiger partial charge is 0.106 e. The summed E-state index contributed by atoms with van der Waals surface area (Å²) in [4.78, 5) is 4.29. The summed E-state index contributed by atoms with van der Waals surface area (Å²) in [6.45, 7) is 2.65. The van der Waals surface area contributed by atoms with Crippen molar-refractivity contribution in [2.24, 2.45) is 5.92 Å². The molecule has 17 heavy (non-hydrogen) atoms. The van der Waals surface area contributed by atoms with Gasteiger partial charge in [0, 0.05) is 19.1 Å². The number of ether oxygens (including phenoxy) is 1. The van der Waals surface area contributed by atoms with Crippen LogP contribution < -0.4 is 11.1 Å². The van der Waals surface area contributed by atoms with E-state index in [1.54, 1.807) is 11.3 Å². The number of nitrogen functional groups attached to an aromatic ring is 1. The van der Waals surface area contributed by atoms with Gasteiger partial charge in [0.05, 0.1) is 28.2 Å². The number of fused-ring (bicyclic) bond motifs is 1. The Hall–Kier alpha value is -1.33. The quantitative estimate of drug-likeness (QED) is 0.820. The molecule has 0 aliphatic carbocycles. The number of nitrogens with two attached hydrogens (primary N) is 1. The van der Waals surface area contributed by atoms with Crippen molar-refractivity contribution in [3.63, 3.8) is 0 Å². The number of rotatable bonds is 3. The lowest BCUT2D eigenvalue weighted by Gasteiger charge is -2.12. The predicted molar refractivity (Wildman–Crippen MR) is 71.4 cm³/mol. The number of nitrogens with one attached hydrogen (secondary N) is 1. The molecule has 0 spiro atoms. The van der Waals surface area contributed by atoms with Crippen LogP contribution in [-0.2, 0) is 4.74 Å². The van der Waals surface area contributed by atoms with Gasteiger partial charge in [-0.1, -0.05) is 0 Å². The summed E-state index contributed by atoms with van der Waals surface area (Å²) in [7, 11) is 0. The standard InChI is InChI=1S/C12H15N3OS/c13-11-9(14-5-8-3-4-16-6-8)1-2-10-12(11)15-7-17-10/h1-2,7-8,14H,3-6,13H2. The van der Waals surface area contributed by atoms with E-state index in [2.05, 4.69) is 16.4 Å². The molecule has 1 fully saturated rings. The van der Waals surface area contributed by atoms with Crippen LogP contribution in [0.1, 0.15) is 6.42 Å². The summed E-state index contributed by atoms with van der Waals surface area (Å²) in [5.74, 6) is 0.598. The third-order valence-electron chi connectivity index (χ3n) is 3.15. The highest BCUT2D eigenvalue weighted by atomic mass is 32.1. The third-order valence-corrected chi connectivity index (χ3v) is 3.94. The molecule has 0 radical (unpaired) electrons. The van der Waals surface area contributed by atoms with Crippen molar-refractivity contribution < 1.29 is 4.74 Å². The topological polar surface area (TPSA) is 60.2 Å². The number of anilines is 2. The first-order valence-electron chi connectivity index (χ1n) is 5.78. The highest BCUT2D eigenvalue weighted by Crippen LogP contribution is 2.30. The van der Waals surface area contributed by atoms with Crippen LogP contribution in [0.15, 0.2) is 17.6 Å². The Balaban J connectivity index is 1.77. The number of nitrogens with zero attached hydrogens (tertiary/aromatic N) is 1. The van der Waals surface area contributed by atoms with Gasteiger partial charge < -0.3 is 15.8 Å². The summed E-state index contributed by atoms with van der Waals surface area (Å²) in [6.07, 6.45) is 1.13. The largest absolute Gasteiger partial charge is 0.395 e. The van der Waals surface area contributed by atoms with Crippen LogP contribution in [0.2, 0.25) is 0 Å². The average Bonchev–Trinajstić information content (AvgIpc) is 2.99. The average molecular weight is 249 g/mol. The Morgan fingerprint density at radius 1 is 1.53 bits per heavy atom. The van der Waals surface area contributed by atoms with Gasteiger partial charge in [0.1, 0.15) is 5.52 Å². The molecule has 4 nitrogen and oxygen atoms in total. The second kappa shape index (κ2) is 4.50. The van der Waals surface area contributed by atoms with Gasteiger partial charge in [0.15, 0.2) is 0 Å². The van der Waals surface area contributed by atoms with Crippen molar-refractivity contribution in [1.29, 1.82) is 0 Å². The highest BCUT2D eigenvalue weighted by Gasteiger charge is 2.16. The molecular weight excluding hydrogens is 234 g/mol. The maximum Gasteiger partial charge on any atom is 0.106 e. The molecule has 1 aromatic heterocycles. The fraction of sp³-hybridized carbons (Fsp3) is 0.417. The van der Waals surface area contributed by atoms with Crippen LogP contribution in [0.25, 0.3) is 10.2 Å². The third kappa shape index (κ3) is 2.08. The molecule has 5 heteroatoms. The minimum absolute atomic E-state index is 0.598. The lowest BCUT2D eigenvalue weighted by molar-refractivity contribution is 0.187. The zero-order chi connectivity index (χ0) is 11.7. The number of hydrogen-bond acceptors (Lipinski definition) is 5.